The number of esters is 1. The van der Waals surface area contributed by atoms with Crippen LogP contribution in [-0.2, 0) is 4.74 Å². The number of halogens is 1. The highest BCUT2D eigenvalue weighted by atomic mass is 79.9. The van der Waals surface area contributed by atoms with E-state index in [1.54, 1.807) is 12.3 Å². The molecule has 0 saturated carbocycles. The molecule has 0 bridgehead atoms. The van der Waals surface area contributed by atoms with Crippen LogP contribution in [0.3, 0.4) is 0 Å². The van der Waals surface area contributed by atoms with E-state index in [9.17, 15) is 4.79 Å². The fourth-order valence-electron chi connectivity index (χ4n) is 1.92. The van der Waals surface area contributed by atoms with E-state index in [4.69, 9.17) is 9.47 Å². The summed E-state index contributed by atoms with van der Waals surface area (Å²) in [5, 5.41) is 0. The van der Waals surface area contributed by atoms with Crippen LogP contribution >= 0.6 is 15.9 Å². The Morgan fingerprint density at radius 1 is 1.10 bits per heavy atom. The van der Waals surface area contributed by atoms with Crippen LogP contribution < -0.4 is 4.74 Å². The number of nitrogens with zero attached hydrogens (tertiary/aromatic N) is 1. The topological polar surface area (TPSA) is 48.4 Å². The van der Waals surface area contributed by atoms with Gasteiger partial charge in [0.15, 0.2) is 0 Å². The molecule has 0 amide bonds. The fraction of sp³-hybridized carbons (Fsp3) is 0.250. The Hall–Kier alpha value is -1.88. The lowest BCUT2D eigenvalue weighted by Crippen LogP contribution is -2.12. The second kappa shape index (κ2) is 7.22. The lowest BCUT2D eigenvalue weighted by molar-refractivity contribution is 0.0450. The van der Waals surface area contributed by atoms with Gasteiger partial charge in [-0.1, -0.05) is 6.07 Å². The van der Waals surface area contributed by atoms with E-state index in [2.05, 4.69) is 27.0 Å². The number of pyridine rings is 1. The maximum atomic E-state index is 11.8. The Morgan fingerprint density at radius 2 is 1.81 bits per heavy atom. The molecule has 0 unspecified atom stereocenters. The molecule has 1 aromatic heterocycles. The summed E-state index contributed by atoms with van der Waals surface area (Å²) < 4.78 is 11.5. The van der Waals surface area contributed by atoms with Gasteiger partial charge in [-0.3, -0.25) is 4.98 Å². The average Bonchev–Trinajstić information content (AvgIpc) is 2.42. The number of aromatic nitrogens is 1. The highest BCUT2D eigenvalue weighted by Gasteiger charge is 2.08. The van der Waals surface area contributed by atoms with Crippen molar-refractivity contribution in [2.24, 2.45) is 0 Å². The van der Waals surface area contributed by atoms with Crippen molar-refractivity contribution in [2.75, 3.05) is 13.2 Å². The van der Waals surface area contributed by atoms with Gasteiger partial charge in [0.05, 0.1) is 5.56 Å². The normalized spacial score (nSPS) is 10.2. The number of hydrogen-bond donors (Lipinski definition) is 0. The molecule has 0 fully saturated rings. The molecule has 110 valence electrons. The van der Waals surface area contributed by atoms with E-state index in [1.807, 2.05) is 26.0 Å². The average molecular weight is 350 g/mol. The smallest absolute Gasteiger partial charge is 0.339 e. The van der Waals surface area contributed by atoms with Gasteiger partial charge in [0.25, 0.3) is 0 Å². The van der Waals surface area contributed by atoms with Crippen molar-refractivity contribution < 1.29 is 14.3 Å². The van der Waals surface area contributed by atoms with Gasteiger partial charge >= 0.3 is 5.97 Å². The molecule has 2 rings (SSSR count). The monoisotopic (exact) mass is 349 g/mol. The molecule has 0 N–H and O–H groups in total. The first-order valence-corrected chi connectivity index (χ1v) is 7.32. The third kappa shape index (κ3) is 4.86. The summed E-state index contributed by atoms with van der Waals surface area (Å²) >= 11 is 3.26. The van der Waals surface area contributed by atoms with Gasteiger partial charge in [-0.05, 0) is 59.1 Å². The number of carbonyl (C=O) groups excluding carboxylic acids is 1. The summed E-state index contributed by atoms with van der Waals surface area (Å²) in [5.74, 6) is 0.375. The van der Waals surface area contributed by atoms with E-state index in [0.29, 0.717) is 12.2 Å². The van der Waals surface area contributed by atoms with Crippen LogP contribution in [-0.4, -0.2) is 24.2 Å². The SMILES string of the molecule is Cc1cc(C)cc(OCCOC(=O)c2cncc(Br)c2)c1. The van der Waals surface area contributed by atoms with Gasteiger partial charge in [0.2, 0.25) is 0 Å². The quantitative estimate of drug-likeness (QED) is 0.610. The third-order valence-corrected chi connectivity index (χ3v) is 3.15. The van der Waals surface area contributed by atoms with E-state index in [1.165, 1.54) is 6.20 Å². The Balaban J connectivity index is 1.80. The highest BCUT2D eigenvalue weighted by Crippen LogP contribution is 2.16. The second-order valence-corrected chi connectivity index (χ2v) is 5.62. The lowest BCUT2D eigenvalue weighted by Gasteiger charge is -2.09. The predicted octanol–water partition coefficient (Wildman–Crippen LogP) is 3.70. The molecule has 5 heteroatoms. The molecular formula is C16H16BrNO3. The largest absolute Gasteiger partial charge is 0.490 e. The van der Waals surface area contributed by atoms with Crippen LogP contribution in [0, 0.1) is 13.8 Å². The van der Waals surface area contributed by atoms with Crippen LogP contribution in [0.1, 0.15) is 21.5 Å². The minimum absolute atomic E-state index is 0.193. The van der Waals surface area contributed by atoms with Crippen LogP contribution in [0.4, 0.5) is 0 Å². The molecule has 0 atom stereocenters. The second-order valence-electron chi connectivity index (χ2n) is 4.70. The molecule has 0 aliphatic rings. The molecule has 0 saturated heterocycles. The first-order valence-electron chi connectivity index (χ1n) is 6.53. The molecule has 21 heavy (non-hydrogen) atoms. The summed E-state index contributed by atoms with van der Waals surface area (Å²) in [6, 6.07) is 7.65. The third-order valence-electron chi connectivity index (χ3n) is 2.72. The van der Waals surface area contributed by atoms with Crippen LogP contribution in [0.25, 0.3) is 0 Å². The summed E-state index contributed by atoms with van der Waals surface area (Å²) in [7, 11) is 0. The standard InChI is InChI=1S/C16H16BrNO3/c1-11-5-12(2)7-15(6-11)20-3-4-21-16(19)13-8-14(17)10-18-9-13/h5-10H,3-4H2,1-2H3. The molecule has 0 aliphatic heterocycles. The number of aryl methyl sites for hydroxylation is 2. The number of benzene rings is 1. The molecule has 0 spiro atoms. The zero-order chi connectivity index (χ0) is 15.2. The van der Waals surface area contributed by atoms with Gasteiger partial charge in [-0.15, -0.1) is 0 Å². The van der Waals surface area contributed by atoms with Gasteiger partial charge in [-0.25, -0.2) is 4.79 Å². The van der Waals surface area contributed by atoms with Crippen molar-refractivity contribution in [1.82, 2.24) is 4.98 Å². The zero-order valence-electron chi connectivity index (χ0n) is 11.9. The van der Waals surface area contributed by atoms with Crippen molar-refractivity contribution in [1.29, 1.82) is 0 Å². The molecule has 4 nitrogen and oxygen atoms in total. The van der Waals surface area contributed by atoms with Crippen molar-refractivity contribution in [2.45, 2.75) is 13.8 Å². The maximum Gasteiger partial charge on any atom is 0.339 e. The summed E-state index contributed by atoms with van der Waals surface area (Å²) in [4.78, 5) is 15.7. The van der Waals surface area contributed by atoms with Gasteiger partial charge in [0, 0.05) is 16.9 Å². The van der Waals surface area contributed by atoms with E-state index >= 15 is 0 Å². The van der Waals surface area contributed by atoms with Crippen molar-refractivity contribution in [3.8, 4) is 5.75 Å². The van der Waals surface area contributed by atoms with E-state index in [0.717, 1.165) is 21.3 Å². The van der Waals surface area contributed by atoms with Crippen LogP contribution in [0.15, 0.2) is 41.1 Å². The number of rotatable bonds is 5. The minimum atomic E-state index is -0.409. The Bertz CT molecular complexity index is 623. The minimum Gasteiger partial charge on any atom is -0.490 e. The number of ether oxygens (including phenoxy) is 2. The zero-order valence-corrected chi connectivity index (χ0v) is 13.5. The molecule has 1 heterocycles. The lowest BCUT2D eigenvalue weighted by atomic mass is 10.1. The summed E-state index contributed by atoms with van der Waals surface area (Å²) in [5.41, 5.74) is 2.69. The Labute approximate surface area is 132 Å². The first-order chi connectivity index (χ1) is 10.0. The summed E-state index contributed by atoms with van der Waals surface area (Å²) in [6.45, 7) is 4.54. The molecule has 0 aliphatic carbocycles. The number of carbonyl (C=O) groups is 1. The molecule has 2 aromatic rings. The van der Waals surface area contributed by atoms with Crippen molar-refractivity contribution in [3.63, 3.8) is 0 Å². The molecule has 1 aromatic carbocycles. The first kappa shape index (κ1) is 15.5. The van der Waals surface area contributed by atoms with E-state index in [-0.39, 0.29) is 6.61 Å². The van der Waals surface area contributed by atoms with Gasteiger partial charge < -0.3 is 9.47 Å². The molecule has 0 radical (unpaired) electrons. The summed E-state index contributed by atoms with van der Waals surface area (Å²) in [6.07, 6.45) is 3.08. The predicted molar refractivity (Wildman–Crippen MR) is 83.6 cm³/mol. The van der Waals surface area contributed by atoms with Gasteiger partial charge in [0.1, 0.15) is 19.0 Å². The van der Waals surface area contributed by atoms with Crippen molar-refractivity contribution in [3.05, 3.63) is 57.8 Å². The Morgan fingerprint density at radius 3 is 2.48 bits per heavy atom. The Kier molecular flexibility index (Phi) is 5.33. The van der Waals surface area contributed by atoms with Crippen molar-refractivity contribution >= 4 is 21.9 Å². The fourth-order valence-corrected chi connectivity index (χ4v) is 2.28. The number of hydrogen-bond acceptors (Lipinski definition) is 4. The highest BCUT2D eigenvalue weighted by molar-refractivity contribution is 9.10. The van der Waals surface area contributed by atoms with E-state index < -0.39 is 5.97 Å². The maximum absolute atomic E-state index is 11.8. The van der Waals surface area contributed by atoms with Gasteiger partial charge in [-0.2, -0.15) is 0 Å². The molecular weight excluding hydrogens is 334 g/mol. The van der Waals surface area contributed by atoms with Crippen LogP contribution in [0.5, 0.6) is 5.75 Å². The van der Waals surface area contributed by atoms with Crippen LogP contribution in [0.2, 0.25) is 0 Å².